The van der Waals surface area contributed by atoms with Gasteiger partial charge in [-0.1, -0.05) is 0 Å². The predicted octanol–water partition coefficient (Wildman–Crippen LogP) is 2.50. The van der Waals surface area contributed by atoms with Crippen LogP contribution in [-0.4, -0.2) is 18.8 Å². The van der Waals surface area contributed by atoms with Crippen LogP contribution in [0.3, 0.4) is 0 Å². The van der Waals surface area contributed by atoms with E-state index in [0.717, 1.165) is 12.0 Å². The maximum atomic E-state index is 9.67. The minimum atomic E-state index is -0.469. The minimum absolute atomic E-state index is 0.469. The summed E-state index contributed by atoms with van der Waals surface area (Å²) in [6.07, 6.45) is 2.61. The third-order valence-corrected chi connectivity index (χ3v) is 2.48. The summed E-state index contributed by atoms with van der Waals surface area (Å²) in [5.41, 5.74) is 0.802. The number of aliphatic hydroxyl groups excluding tert-OH is 1. The van der Waals surface area contributed by atoms with Crippen LogP contribution in [0, 0.1) is 0 Å². The molecule has 0 aromatic carbocycles. The van der Waals surface area contributed by atoms with Crippen molar-refractivity contribution in [1.82, 2.24) is 0 Å². The Morgan fingerprint density at radius 2 is 2.46 bits per heavy atom. The molecule has 1 N–H and O–H groups in total. The van der Waals surface area contributed by atoms with Crippen molar-refractivity contribution in [3.63, 3.8) is 0 Å². The molecule has 0 aliphatic heterocycles. The third-order valence-electron chi connectivity index (χ3n) is 1.83. The van der Waals surface area contributed by atoms with Crippen molar-refractivity contribution in [2.75, 3.05) is 13.7 Å². The fourth-order valence-electron chi connectivity index (χ4n) is 1.12. The van der Waals surface area contributed by atoms with E-state index in [0.29, 0.717) is 17.7 Å². The normalized spacial score (nSPS) is 13.2. The molecule has 0 radical (unpaired) electrons. The van der Waals surface area contributed by atoms with Gasteiger partial charge in [0.2, 0.25) is 0 Å². The Hall–Kier alpha value is -0.320. The Labute approximate surface area is 85.8 Å². The van der Waals surface area contributed by atoms with Gasteiger partial charge in [-0.05, 0) is 34.8 Å². The molecule has 1 atom stereocenters. The Morgan fingerprint density at radius 1 is 1.69 bits per heavy atom. The Morgan fingerprint density at radius 3 is 3.00 bits per heavy atom. The molecule has 0 amide bonds. The molecule has 3 nitrogen and oxygen atoms in total. The molecule has 4 heteroatoms. The topological polar surface area (TPSA) is 42.6 Å². The number of methoxy groups -OCH3 is 1. The molecule has 1 unspecified atom stereocenters. The number of hydrogen-bond donors (Lipinski definition) is 1. The highest BCUT2D eigenvalue weighted by atomic mass is 79.9. The van der Waals surface area contributed by atoms with Gasteiger partial charge in [0.05, 0.1) is 12.4 Å². The lowest BCUT2D eigenvalue weighted by Gasteiger charge is -2.07. The zero-order valence-electron chi connectivity index (χ0n) is 7.50. The molecular weight excluding hydrogens is 236 g/mol. The van der Waals surface area contributed by atoms with E-state index >= 15 is 0 Å². The maximum Gasteiger partial charge on any atom is 0.174 e. The van der Waals surface area contributed by atoms with E-state index in [-0.39, 0.29) is 0 Å². The van der Waals surface area contributed by atoms with Crippen LogP contribution in [0.2, 0.25) is 0 Å². The van der Waals surface area contributed by atoms with Gasteiger partial charge in [0.25, 0.3) is 0 Å². The highest BCUT2D eigenvalue weighted by Gasteiger charge is 2.12. The standard InChI is InChI=1S/C9H13BrO3/c1-12-5-2-3-8(11)7-4-6-13-9(7)10/h4,6,8,11H,2-3,5H2,1H3. The highest BCUT2D eigenvalue weighted by Crippen LogP contribution is 2.27. The Kier molecular flexibility index (Phi) is 4.48. The van der Waals surface area contributed by atoms with Crippen molar-refractivity contribution >= 4 is 15.9 Å². The summed E-state index contributed by atoms with van der Waals surface area (Å²) in [4.78, 5) is 0. The van der Waals surface area contributed by atoms with Gasteiger partial charge in [0.15, 0.2) is 4.67 Å². The van der Waals surface area contributed by atoms with Crippen LogP contribution in [-0.2, 0) is 4.74 Å². The number of rotatable bonds is 5. The predicted molar refractivity (Wildman–Crippen MR) is 52.5 cm³/mol. The van der Waals surface area contributed by atoms with E-state index in [1.807, 2.05) is 0 Å². The third kappa shape index (κ3) is 3.14. The van der Waals surface area contributed by atoms with E-state index in [1.165, 1.54) is 0 Å². The first kappa shape index (κ1) is 10.8. The molecule has 13 heavy (non-hydrogen) atoms. The number of furan rings is 1. The van der Waals surface area contributed by atoms with Crippen LogP contribution < -0.4 is 0 Å². The average Bonchev–Trinajstić information content (AvgIpc) is 2.52. The second-order valence-electron chi connectivity index (χ2n) is 2.80. The molecule has 0 saturated heterocycles. The van der Waals surface area contributed by atoms with Gasteiger partial charge in [-0.3, -0.25) is 0 Å². The van der Waals surface area contributed by atoms with Gasteiger partial charge in [-0.15, -0.1) is 0 Å². The molecule has 0 spiro atoms. The van der Waals surface area contributed by atoms with E-state index in [2.05, 4.69) is 15.9 Å². The van der Waals surface area contributed by atoms with Crippen molar-refractivity contribution in [3.8, 4) is 0 Å². The smallest absolute Gasteiger partial charge is 0.174 e. The number of hydrogen-bond acceptors (Lipinski definition) is 3. The summed E-state index contributed by atoms with van der Waals surface area (Å²) in [6, 6.07) is 1.77. The first-order valence-corrected chi connectivity index (χ1v) is 4.95. The van der Waals surface area contributed by atoms with Crippen molar-refractivity contribution in [2.45, 2.75) is 18.9 Å². The van der Waals surface area contributed by atoms with Crippen molar-refractivity contribution in [1.29, 1.82) is 0 Å². The van der Waals surface area contributed by atoms with Crippen molar-refractivity contribution < 1.29 is 14.3 Å². The summed E-state index contributed by atoms with van der Waals surface area (Å²) >= 11 is 3.22. The quantitative estimate of drug-likeness (QED) is 0.815. The number of halogens is 1. The van der Waals surface area contributed by atoms with E-state index in [9.17, 15) is 5.11 Å². The Bertz CT molecular complexity index is 247. The van der Waals surface area contributed by atoms with Gasteiger partial charge in [0, 0.05) is 19.3 Å². The highest BCUT2D eigenvalue weighted by molar-refractivity contribution is 9.10. The molecular formula is C9H13BrO3. The molecule has 0 fully saturated rings. The Balaban J connectivity index is 2.39. The van der Waals surface area contributed by atoms with Crippen LogP contribution >= 0.6 is 15.9 Å². The fraction of sp³-hybridized carbons (Fsp3) is 0.556. The van der Waals surface area contributed by atoms with Gasteiger partial charge in [-0.25, -0.2) is 0 Å². The zero-order chi connectivity index (χ0) is 9.68. The summed E-state index contributed by atoms with van der Waals surface area (Å²) < 4.78 is 10.5. The summed E-state index contributed by atoms with van der Waals surface area (Å²) in [5.74, 6) is 0. The van der Waals surface area contributed by atoms with Gasteiger partial charge in [-0.2, -0.15) is 0 Å². The summed E-state index contributed by atoms with van der Waals surface area (Å²) in [6.45, 7) is 0.673. The largest absolute Gasteiger partial charge is 0.457 e. The zero-order valence-corrected chi connectivity index (χ0v) is 9.08. The first-order valence-electron chi connectivity index (χ1n) is 4.15. The lowest BCUT2D eigenvalue weighted by Crippen LogP contribution is -1.99. The van der Waals surface area contributed by atoms with Crippen molar-refractivity contribution in [2.24, 2.45) is 0 Å². The van der Waals surface area contributed by atoms with Gasteiger partial charge >= 0.3 is 0 Å². The molecule has 1 heterocycles. The second-order valence-corrected chi connectivity index (χ2v) is 3.52. The lowest BCUT2D eigenvalue weighted by atomic mass is 10.1. The number of ether oxygens (including phenoxy) is 1. The van der Waals surface area contributed by atoms with E-state index in [4.69, 9.17) is 9.15 Å². The molecule has 1 rings (SSSR count). The molecule has 1 aromatic rings. The maximum absolute atomic E-state index is 9.67. The van der Waals surface area contributed by atoms with Crippen molar-refractivity contribution in [3.05, 3.63) is 22.6 Å². The van der Waals surface area contributed by atoms with E-state index < -0.39 is 6.10 Å². The summed E-state index contributed by atoms with van der Waals surface area (Å²) in [5, 5.41) is 9.67. The van der Waals surface area contributed by atoms with Crippen LogP contribution in [0.5, 0.6) is 0 Å². The minimum Gasteiger partial charge on any atom is -0.457 e. The lowest BCUT2D eigenvalue weighted by molar-refractivity contribution is 0.135. The average molecular weight is 249 g/mol. The van der Waals surface area contributed by atoms with Crippen LogP contribution in [0.25, 0.3) is 0 Å². The molecule has 0 saturated carbocycles. The van der Waals surface area contributed by atoms with E-state index in [1.54, 1.807) is 19.4 Å². The van der Waals surface area contributed by atoms with Crippen LogP contribution in [0.1, 0.15) is 24.5 Å². The monoisotopic (exact) mass is 248 g/mol. The molecule has 0 bridgehead atoms. The second kappa shape index (κ2) is 5.42. The van der Waals surface area contributed by atoms with Gasteiger partial charge in [0.1, 0.15) is 0 Å². The fourth-order valence-corrected chi connectivity index (χ4v) is 1.62. The molecule has 0 aliphatic carbocycles. The SMILES string of the molecule is COCCCC(O)c1ccoc1Br. The molecule has 0 aliphatic rings. The number of aliphatic hydroxyl groups is 1. The van der Waals surface area contributed by atoms with Gasteiger partial charge < -0.3 is 14.3 Å². The molecule has 74 valence electrons. The molecule has 1 aromatic heterocycles. The first-order chi connectivity index (χ1) is 6.25. The van der Waals surface area contributed by atoms with Crippen LogP contribution in [0.4, 0.5) is 0 Å². The van der Waals surface area contributed by atoms with Crippen LogP contribution in [0.15, 0.2) is 21.4 Å². The summed E-state index contributed by atoms with van der Waals surface area (Å²) in [7, 11) is 1.65.